The third-order valence-electron chi connectivity index (χ3n) is 2.77. The number of aryl methyl sites for hydroxylation is 1. The van der Waals surface area contributed by atoms with Crippen molar-refractivity contribution in [1.82, 2.24) is 0 Å². The van der Waals surface area contributed by atoms with Gasteiger partial charge in [-0.25, -0.2) is 0 Å². The minimum absolute atomic E-state index is 1.03. The summed E-state index contributed by atoms with van der Waals surface area (Å²) in [5.41, 5.74) is 1.35. The van der Waals surface area contributed by atoms with Gasteiger partial charge in [0.1, 0.15) is 0 Å². The van der Waals surface area contributed by atoms with Crippen LogP contribution in [0.5, 0.6) is 0 Å². The van der Waals surface area contributed by atoms with E-state index in [-0.39, 0.29) is 0 Å². The molecule has 0 nitrogen and oxygen atoms in total. The summed E-state index contributed by atoms with van der Waals surface area (Å²) in [5, 5.41) is 0. The van der Waals surface area contributed by atoms with Crippen LogP contribution in [0.2, 0.25) is 0 Å². The number of benzene rings is 1. The summed E-state index contributed by atoms with van der Waals surface area (Å²) in [7, 11) is 0. The summed E-state index contributed by atoms with van der Waals surface area (Å²) in [5.74, 6) is 0. The molecule has 0 aliphatic heterocycles. The molecule has 0 amide bonds. The van der Waals surface area contributed by atoms with E-state index in [2.05, 4.69) is 19.1 Å². The van der Waals surface area contributed by atoms with Gasteiger partial charge in [0.05, 0.1) is 0 Å². The molecule has 0 fully saturated rings. The molecule has 1 heteroatoms. The third kappa shape index (κ3) is 5.17. The first-order valence-electron chi connectivity index (χ1n) is 6.09. The van der Waals surface area contributed by atoms with Crippen LogP contribution in [0.3, 0.4) is 0 Å². The van der Waals surface area contributed by atoms with E-state index in [0.29, 0.717) is 0 Å². The van der Waals surface area contributed by atoms with Gasteiger partial charge in [-0.05, 0) is 24.5 Å². The molecule has 0 aliphatic carbocycles. The lowest BCUT2D eigenvalue weighted by Gasteiger charge is -2.03. The molecular weight excluding hydrogens is 200 g/mol. The van der Waals surface area contributed by atoms with Crippen LogP contribution in [0.1, 0.15) is 51.0 Å². The molecule has 1 aromatic carbocycles. The molecule has 83 valence electrons. The Morgan fingerprint density at radius 2 is 1.60 bits per heavy atom. The molecule has 0 unspecified atom stereocenters. The Balaban J connectivity index is 2.12. The predicted molar refractivity (Wildman–Crippen MR) is 69.4 cm³/mol. The molecule has 15 heavy (non-hydrogen) atoms. The van der Waals surface area contributed by atoms with Gasteiger partial charge in [0, 0.05) is 4.90 Å². The second kappa shape index (κ2) is 7.70. The summed E-state index contributed by atoms with van der Waals surface area (Å²) in [6.45, 7) is 2.26. The van der Waals surface area contributed by atoms with E-state index >= 15 is 0 Å². The number of rotatable bonds is 7. The molecule has 0 spiro atoms. The molecule has 0 saturated heterocycles. The number of hydrogen-bond donors (Lipinski definition) is 0. The van der Waals surface area contributed by atoms with E-state index in [1.54, 1.807) is 0 Å². The lowest BCUT2D eigenvalue weighted by molar-refractivity contribution is 0.606. The fraction of sp³-hybridized carbons (Fsp3) is 0.571. The normalized spacial score (nSPS) is 10.5. The maximum atomic E-state index is 5.27. The molecule has 0 heterocycles. The van der Waals surface area contributed by atoms with Gasteiger partial charge >= 0.3 is 0 Å². The Bertz CT molecular complexity index is 268. The topological polar surface area (TPSA) is 0 Å². The van der Waals surface area contributed by atoms with E-state index in [4.69, 9.17) is 12.6 Å². The minimum Gasteiger partial charge on any atom is -0.0798 e. The maximum absolute atomic E-state index is 5.27. The van der Waals surface area contributed by atoms with E-state index in [9.17, 15) is 0 Å². The van der Waals surface area contributed by atoms with Crippen molar-refractivity contribution in [3.05, 3.63) is 29.8 Å². The first-order chi connectivity index (χ1) is 7.34. The van der Waals surface area contributed by atoms with Crippen LogP contribution in [-0.2, 0) is 6.42 Å². The predicted octanol–water partition coefficient (Wildman–Crippen LogP) is 5.15. The van der Waals surface area contributed by atoms with Crippen LogP contribution in [0.15, 0.2) is 29.2 Å². The standard InChI is InChI=1S/C14H21S/c1-2-3-4-5-6-7-10-13-11-8-9-12-14(13)15/h8-9,11-12H,2-7,10H2,1H3. The molecule has 0 bridgehead atoms. The minimum atomic E-state index is 1.03. The molecular formula is C14H21S. The van der Waals surface area contributed by atoms with Gasteiger partial charge < -0.3 is 0 Å². The van der Waals surface area contributed by atoms with Crippen molar-refractivity contribution in [1.29, 1.82) is 0 Å². The Labute approximate surface area is 99.5 Å². The van der Waals surface area contributed by atoms with E-state index in [0.717, 1.165) is 11.3 Å². The van der Waals surface area contributed by atoms with Gasteiger partial charge in [0.2, 0.25) is 0 Å². The maximum Gasteiger partial charge on any atom is 0.0409 e. The summed E-state index contributed by atoms with van der Waals surface area (Å²) in [6.07, 6.45) is 9.29. The number of unbranched alkanes of at least 4 members (excludes halogenated alkanes) is 5. The van der Waals surface area contributed by atoms with Crippen molar-refractivity contribution < 1.29 is 0 Å². The largest absolute Gasteiger partial charge is 0.0798 e. The van der Waals surface area contributed by atoms with E-state index in [1.807, 2.05) is 12.1 Å². The molecule has 0 N–H and O–H groups in total. The van der Waals surface area contributed by atoms with Gasteiger partial charge in [0.25, 0.3) is 0 Å². The highest BCUT2D eigenvalue weighted by Gasteiger charge is 1.98. The van der Waals surface area contributed by atoms with Crippen LogP contribution in [0.25, 0.3) is 0 Å². The van der Waals surface area contributed by atoms with Crippen LogP contribution >= 0.6 is 12.6 Å². The zero-order valence-electron chi connectivity index (χ0n) is 9.67. The Hall–Kier alpha value is -0.560. The summed E-state index contributed by atoms with van der Waals surface area (Å²) < 4.78 is 0. The summed E-state index contributed by atoms with van der Waals surface area (Å²) >= 11 is 5.27. The van der Waals surface area contributed by atoms with Crippen LogP contribution in [-0.4, -0.2) is 0 Å². The van der Waals surface area contributed by atoms with Crippen LogP contribution in [0, 0.1) is 0 Å². The van der Waals surface area contributed by atoms with Gasteiger partial charge in [-0.2, -0.15) is 0 Å². The Morgan fingerprint density at radius 1 is 0.933 bits per heavy atom. The Kier molecular flexibility index (Phi) is 6.42. The van der Waals surface area contributed by atoms with Gasteiger partial charge in [-0.1, -0.05) is 69.9 Å². The zero-order chi connectivity index (χ0) is 10.9. The number of hydrogen-bond acceptors (Lipinski definition) is 0. The molecule has 1 aromatic rings. The average molecular weight is 221 g/mol. The molecule has 0 saturated carbocycles. The van der Waals surface area contributed by atoms with Crippen LogP contribution in [0.4, 0.5) is 0 Å². The molecule has 1 radical (unpaired) electrons. The van der Waals surface area contributed by atoms with Crippen molar-refractivity contribution >= 4 is 12.6 Å². The van der Waals surface area contributed by atoms with Crippen molar-refractivity contribution in [3.8, 4) is 0 Å². The lowest BCUT2D eigenvalue weighted by atomic mass is 10.1. The van der Waals surface area contributed by atoms with Gasteiger partial charge in [-0.3, -0.25) is 0 Å². The molecule has 0 aliphatic rings. The highest BCUT2D eigenvalue weighted by atomic mass is 32.1. The highest BCUT2D eigenvalue weighted by molar-refractivity contribution is 7.80. The van der Waals surface area contributed by atoms with Crippen molar-refractivity contribution in [3.63, 3.8) is 0 Å². The summed E-state index contributed by atoms with van der Waals surface area (Å²) in [6, 6.07) is 8.30. The van der Waals surface area contributed by atoms with Crippen molar-refractivity contribution in [2.75, 3.05) is 0 Å². The first kappa shape index (κ1) is 12.5. The van der Waals surface area contributed by atoms with Crippen molar-refractivity contribution in [2.24, 2.45) is 0 Å². The van der Waals surface area contributed by atoms with E-state index in [1.165, 1.54) is 44.1 Å². The quantitative estimate of drug-likeness (QED) is 0.559. The fourth-order valence-corrected chi connectivity index (χ4v) is 2.05. The SMILES string of the molecule is CCCCCCCCc1ccccc1[S]. The third-order valence-corrected chi connectivity index (χ3v) is 3.17. The zero-order valence-corrected chi connectivity index (χ0v) is 10.5. The lowest BCUT2D eigenvalue weighted by Crippen LogP contribution is -1.87. The molecule has 0 aromatic heterocycles. The highest BCUT2D eigenvalue weighted by Crippen LogP contribution is 2.16. The van der Waals surface area contributed by atoms with Crippen LogP contribution < -0.4 is 0 Å². The second-order valence-electron chi connectivity index (χ2n) is 4.13. The van der Waals surface area contributed by atoms with Gasteiger partial charge in [-0.15, -0.1) is 0 Å². The molecule has 1 rings (SSSR count). The van der Waals surface area contributed by atoms with Gasteiger partial charge in [0.15, 0.2) is 0 Å². The second-order valence-corrected chi connectivity index (χ2v) is 4.57. The molecule has 0 atom stereocenters. The first-order valence-corrected chi connectivity index (χ1v) is 6.50. The Morgan fingerprint density at radius 3 is 2.33 bits per heavy atom. The monoisotopic (exact) mass is 221 g/mol. The fourth-order valence-electron chi connectivity index (χ4n) is 1.81. The van der Waals surface area contributed by atoms with E-state index < -0.39 is 0 Å². The smallest absolute Gasteiger partial charge is 0.0409 e. The summed E-state index contributed by atoms with van der Waals surface area (Å²) in [4.78, 5) is 1.03. The average Bonchev–Trinajstić information content (AvgIpc) is 2.25. The van der Waals surface area contributed by atoms with Crippen molar-refractivity contribution in [2.45, 2.75) is 56.8 Å².